The second-order valence-corrected chi connectivity index (χ2v) is 3.67. The molecule has 50 valence electrons. The van der Waals surface area contributed by atoms with Crippen LogP contribution in [-0.2, 0) is 4.79 Å². The van der Waals surface area contributed by atoms with Gasteiger partial charge in [-0.25, -0.2) is 0 Å². The predicted octanol–water partition coefficient (Wildman–Crippen LogP) is 0.334. The number of nitrogens with zero attached hydrogens (tertiary/aromatic N) is 1. The van der Waals surface area contributed by atoms with Gasteiger partial charge in [-0.05, 0) is 0 Å². The molecule has 9 heavy (non-hydrogen) atoms. The maximum absolute atomic E-state index is 10.8. The van der Waals surface area contributed by atoms with Crippen molar-refractivity contribution in [2.24, 2.45) is 0 Å². The minimum absolute atomic E-state index is 0.361. The van der Waals surface area contributed by atoms with Crippen LogP contribution in [0.4, 0.5) is 0 Å². The van der Waals surface area contributed by atoms with Crippen molar-refractivity contribution in [1.29, 1.82) is 0 Å². The lowest BCUT2D eigenvalue weighted by Crippen LogP contribution is -2.56. The maximum Gasteiger partial charge on any atom is 0.224 e. The minimum atomic E-state index is 0.361. The van der Waals surface area contributed by atoms with Crippen molar-refractivity contribution < 1.29 is 4.79 Å². The molecule has 0 N–H and O–H groups in total. The number of amides is 1. The van der Waals surface area contributed by atoms with Crippen molar-refractivity contribution in [1.82, 2.24) is 4.90 Å². The summed E-state index contributed by atoms with van der Waals surface area (Å²) in [6.45, 7) is 0.994. The normalized spacial score (nSPS) is 33.6. The minimum Gasteiger partial charge on any atom is -0.337 e. The van der Waals surface area contributed by atoms with Crippen LogP contribution in [0, 0.1) is 0 Å². The number of carbonyl (C=O) groups excluding carboxylic acids is 1. The number of carbonyl (C=O) groups is 1. The van der Waals surface area contributed by atoms with E-state index in [1.807, 2.05) is 16.7 Å². The van der Waals surface area contributed by atoms with Gasteiger partial charge < -0.3 is 4.90 Å². The maximum atomic E-state index is 10.8. The van der Waals surface area contributed by atoms with E-state index in [1.165, 1.54) is 5.75 Å². The summed E-state index contributed by atoms with van der Waals surface area (Å²) >= 11 is 1.97. The van der Waals surface area contributed by atoms with Gasteiger partial charge in [-0.3, -0.25) is 4.79 Å². The number of β-lactam (4-membered cyclic amide) rings is 1. The zero-order valence-corrected chi connectivity index (χ0v) is 5.99. The molecule has 1 atom stereocenters. The van der Waals surface area contributed by atoms with Crippen LogP contribution in [-0.4, -0.2) is 34.9 Å². The lowest BCUT2D eigenvalue weighted by Gasteiger charge is -2.43. The lowest BCUT2D eigenvalue weighted by atomic mass is 10.0. The fraction of sp³-hybridized carbons (Fsp3) is 0.833. The van der Waals surface area contributed by atoms with Gasteiger partial charge >= 0.3 is 0 Å². The van der Waals surface area contributed by atoms with Crippen LogP contribution in [0.2, 0.25) is 0 Å². The van der Waals surface area contributed by atoms with Gasteiger partial charge in [0.1, 0.15) is 0 Å². The first-order valence-corrected chi connectivity index (χ1v) is 4.40. The molecule has 2 aliphatic heterocycles. The molecule has 2 rings (SSSR count). The standard InChI is InChI=1S/C6H9NOS/c8-6-3-5-4-9-2-1-7(5)6/h5H,1-4H2. The molecule has 0 bridgehead atoms. The Kier molecular flexibility index (Phi) is 1.18. The van der Waals surface area contributed by atoms with E-state index in [4.69, 9.17) is 0 Å². The smallest absolute Gasteiger partial charge is 0.224 e. The zero-order valence-electron chi connectivity index (χ0n) is 5.17. The van der Waals surface area contributed by atoms with Crippen LogP contribution in [0.5, 0.6) is 0 Å². The van der Waals surface area contributed by atoms with Gasteiger partial charge in [0.15, 0.2) is 0 Å². The molecule has 2 saturated heterocycles. The second-order valence-electron chi connectivity index (χ2n) is 2.52. The first-order chi connectivity index (χ1) is 4.38. The molecule has 3 heteroatoms. The van der Waals surface area contributed by atoms with Crippen molar-refractivity contribution >= 4 is 17.7 Å². The van der Waals surface area contributed by atoms with Crippen LogP contribution in [0.1, 0.15) is 6.42 Å². The van der Waals surface area contributed by atoms with Crippen molar-refractivity contribution in [2.75, 3.05) is 18.1 Å². The number of hydrogen-bond donors (Lipinski definition) is 0. The molecule has 2 heterocycles. The fourth-order valence-electron chi connectivity index (χ4n) is 1.36. The Balaban J connectivity index is 2.01. The lowest BCUT2D eigenvalue weighted by molar-refractivity contribution is -0.144. The fourth-order valence-corrected chi connectivity index (χ4v) is 2.42. The molecule has 2 fully saturated rings. The van der Waals surface area contributed by atoms with E-state index in [-0.39, 0.29) is 0 Å². The van der Waals surface area contributed by atoms with Crippen LogP contribution in [0.25, 0.3) is 0 Å². The Bertz CT molecular complexity index is 148. The van der Waals surface area contributed by atoms with Crippen LogP contribution in [0.15, 0.2) is 0 Å². The summed E-state index contributed by atoms with van der Waals surface area (Å²) in [4.78, 5) is 12.8. The molecule has 1 amide bonds. The molecule has 0 saturated carbocycles. The van der Waals surface area contributed by atoms with Gasteiger partial charge in [0.05, 0.1) is 0 Å². The number of thioether (sulfide) groups is 1. The van der Waals surface area contributed by atoms with Crippen molar-refractivity contribution in [3.8, 4) is 0 Å². The summed E-state index contributed by atoms with van der Waals surface area (Å²) in [5, 5.41) is 0. The highest BCUT2D eigenvalue weighted by atomic mass is 32.2. The molecular weight excluding hydrogens is 134 g/mol. The third kappa shape index (κ3) is 0.748. The Morgan fingerprint density at radius 1 is 1.67 bits per heavy atom. The van der Waals surface area contributed by atoms with Crippen LogP contribution in [0.3, 0.4) is 0 Å². The first-order valence-electron chi connectivity index (χ1n) is 3.25. The first kappa shape index (κ1) is 5.59. The predicted molar refractivity (Wildman–Crippen MR) is 37.4 cm³/mol. The van der Waals surface area contributed by atoms with E-state index < -0.39 is 0 Å². The zero-order chi connectivity index (χ0) is 6.27. The molecule has 0 aliphatic carbocycles. The second kappa shape index (κ2) is 1.90. The summed E-state index contributed by atoms with van der Waals surface area (Å²) in [5.74, 6) is 2.67. The SMILES string of the molecule is O=C1CC2CSCCN12. The van der Waals surface area contributed by atoms with E-state index in [2.05, 4.69) is 0 Å². The molecule has 0 spiro atoms. The summed E-state index contributed by atoms with van der Waals surface area (Å²) in [7, 11) is 0. The molecule has 2 aliphatic rings. The molecule has 2 nitrogen and oxygen atoms in total. The van der Waals surface area contributed by atoms with E-state index >= 15 is 0 Å². The molecule has 0 radical (unpaired) electrons. The average molecular weight is 143 g/mol. The van der Waals surface area contributed by atoms with Gasteiger partial charge in [0, 0.05) is 30.5 Å². The summed E-state index contributed by atoms with van der Waals surface area (Å²) in [6.07, 6.45) is 0.812. The quantitative estimate of drug-likeness (QED) is 0.456. The molecular formula is C6H9NOS. The van der Waals surface area contributed by atoms with E-state index in [0.29, 0.717) is 11.9 Å². The summed E-state index contributed by atoms with van der Waals surface area (Å²) in [6, 6.07) is 0.608. The van der Waals surface area contributed by atoms with E-state index in [9.17, 15) is 4.79 Å². The number of rotatable bonds is 0. The van der Waals surface area contributed by atoms with Gasteiger partial charge in [0.2, 0.25) is 5.91 Å². The molecule has 0 aromatic rings. The van der Waals surface area contributed by atoms with Gasteiger partial charge in [-0.2, -0.15) is 11.8 Å². The highest BCUT2D eigenvalue weighted by Gasteiger charge is 2.37. The number of hydrogen-bond acceptors (Lipinski definition) is 2. The highest BCUT2D eigenvalue weighted by Crippen LogP contribution is 2.27. The Morgan fingerprint density at radius 3 is 3.11 bits per heavy atom. The summed E-state index contributed by atoms with van der Waals surface area (Å²) < 4.78 is 0. The number of fused-ring (bicyclic) bond motifs is 1. The molecule has 1 unspecified atom stereocenters. The van der Waals surface area contributed by atoms with Gasteiger partial charge in [-0.1, -0.05) is 0 Å². The summed E-state index contributed by atoms with van der Waals surface area (Å²) in [5.41, 5.74) is 0. The third-order valence-electron chi connectivity index (χ3n) is 1.96. The Labute approximate surface area is 58.6 Å². The van der Waals surface area contributed by atoms with Crippen LogP contribution >= 0.6 is 11.8 Å². The van der Waals surface area contributed by atoms with Crippen molar-refractivity contribution in [3.05, 3.63) is 0 Å². The van der Waals surface area contributed by atoms with Gasteiger partial charge in [0.25, 0.3) is 0 Å². The Morgan fingerprint density at radius 2 is 2.56 bits per heavy atom. The largest absolute Gasteiger partial charge is 0.337 e. The van der Waals surface area contributed by atoms with E-state index in [1.54, 1.807) is 0 Å². The third-order valence-corrected chi connectivity index (χ3v) is 3.05. The van der Waals surface area contributed by atoms with E-state index in [0.717, 1.165) is 18.7 Å². The van der Waals surface area contributed by atoms with Crippen molar-refractivity contribution in [2.45, 2.75) is 12.5 Å². The Hall–Kier alpha value is -0.180. The topological polar surface area (TPSA) is 20.3 Å². The van der Waals surface area contributed by atoms with Gasteiger partial charge in [-0.15, -0.1) is 0 Å². The monoisotopic (exact) mass is 143 g/mol. The van der Waals surface area contributed by atoms with Crippen molar-refractivity contribution in [3.63, 3.8) is 0 Å². The highest BCUT2D eigenvalue weighted by molar-refractivity contribution is 7.99. The molecule has 0 aromatic carbocycles. The molecule has 0 aromatic heterocycles. The van der Waals surface area contributed by atoms with Crippen LogP contribution < -0.4 is 0 Å². The average Bonchev–Trinajstić information content (AvgIpc) is 1.86.